The summed E-state index contributed by atoms with van der Waals surface area (Å²) in [6.45, 7) is 3.51. The van der Waals surface area contributed by atoms with E-state index in [1.807, 2.05) is 22.9 Å². The highest BCUT2D eigenvalue weighted by molar-refractivity contribution is 5.88. The number of aromatic nitrogens is 2. The quantitative estimate of drug-likeness (QED) is 0.815. The lowest BCUT2D eigenvalue weighted by Gasteiger charge is -2.13. The zero-order chi connectivity index (χ0) is 15.5. The van der Waals surface area contributed by atoms with Gasteiger partial charge in [-0.2, -0.15) is 5.10 Å². The molecule has 5 nitrogen and oxygen atoms in total. The van der Waals surface area contributed by atoms with Gasteiger partial charge in [0.15, 0.2) is 5.69 Å². The molecule has 0 saturated carbocycles. The molecule has 1 aliphatic rings. The van der Waals surface area contributed by atoms with Gasteiger partial charge in [0.05, 0.1) is 25.5 Å². The minimum Gasteiger partial charge on any atom is -0.464 e. The van der Waals surface area contributed by atoms with E-state index in [1.54, 1.807) is 6.07 Å². The number of hydrogen-bond acceptors (Lipinski definition) is 4. The average Bonchev–Trinajstić information content (AvgIpc) is 3.17. The first kappa shape index (κ1) is 14.8. The van der Waals surface area contributed by atoms with Crippen molar-refractivity contribution in [3.63, 3.8) is 0 Å². The van der Waals surface area contributed by atoms with E-state index in [4.69, 9.17) is 9.47 Å². The van der Waals surface area contributed by atoms with Crippen molar-refractivity contribution < 1.29 is 14.3 Å². The Balaban J connectivity index is 2.00. The fourth-order valence-corrected chi connectivity index (χ4v) is 2.82. The summed E-state index contributed by atoms with van der Waals surface area (Å²) in [5.74, 6) is -0.416. The van der Waals surface area contributed by atoms with Gasteiger partial charge < -0.3 is 9.47 Å². The summed E-state index contributed by atoms with van der Waals surface area (Å²) in [5.41, 5.74) is 3.48. The number of hydrogen-bond donors (Lipinski definition) is 0. The molecule has 1 aromatic heterocycles. The van der Waals surface area contributed by atoms with Gasteiger partial charge in [-0.3, -0.25) is 4.68 Å². The normalized spacial score (nSPS) is 17.6. The molecule has 1 aliphatic heterocycles. The van der Waals surface area contributed by atoms with E-state index in [-0.39, 0.29) is 6.10 Å². The molecule has 5 heteroatoms. The summed E-state index contributed by atoms with van der Waals surface area (Å²) < 4.78 is 12.4. The van der Waals surface area contributed by atoms with Crippen LogP contribution in [-0.4, -0.2) is 35.6 Å². The van der Waals surface area contributed by atoms with Crippen molar-refractivity contribution in [3.8, 4) is 11.3 Å². The molecule has 0 N–H and O–H groups in total. The molecule has 0 bridgehead atoms. The number of ether oxygens (including phenoxy) is 2. The molecular weight excluding hydrogens is 280 g/mol. The minimum atomic E-state index is -0.416. The maximum atomic E-state index is 11.8. The van der Waals surface area contributed by atoms with Crippen LogP contribution in [0.2, 0.25) is 0 Å². The molecule has 2 heterocycles. The first-order valence-corrected chi connectivity index (χ1v) is 7.53. The van der Waals surface area contributed by atoms with Crippen LogP contribution in [0.15, 0.2) is 30.3 Å². The Labute approximate surface area is 129 Å². The van der Waals surface area contributed by atoms with Crippen LogP contribution in [0.3, 0.4) is 0 Å². The zero-order valence-corrected chi connectivity index (χ0v) is 12.9. The molecule has 116 valence electrons. The van der Waals surface area contributed by atoms with E-state index in [9.17, 15) is 4.79 Å². The molecule has 0 spiro atoms. The molecule has 1 aromatic carbocycles. The van der Waals surface area contributed by atoms with Crippen LogP contribution in [0.25, 0.3) is 11.3 Å². The van der Waals surface area contributed by atoms with Crippen molar-refractivity contribution in [1.82, 2.24) is 9.78 Å². The van der Waals surface area contributed by atoms with Crippen LogP contribution in [-0.2, 0) is 16.0 Å². The third-order valence-corrected chi connectivity index (χ3v) is 4.00. The lowest BCUT2D eigenvalue weighted by atomic mass is 10.1. The number of carbonyl (C=O) groups excluding carboxylic acids is 1. The Bertz CT molecular complexity index is 672. The first-order chi connectivity index (χ1) is 10.7. The van der Waals surface area contributed by atoms with Crippen LogP contribution in [0.1, 0.15) is 28.9 Å². The Hall–Kier alpha value is -2.14. The van der Waals surface area contributed by atoms with Gasteiger partial charge in [0.1, 0.15) is 0 Å². The summed E-state index contributed by atoms with van der Waals surface area (Å²) >= 11 is 0. The molecule has 0 amide bonds. The van der Waals surface area contributed by atoms with Crippen molar-refractivity contribution in [2.75, 3.05) is 13.7 Å². The minimum absolute atomic E-state index is 0.160. The highest BCUT2D eigenvalue weighted by Gasteiger charge is 2.21. The highest BCUT2D eigenvalue weighted by Crippen LogP contribution is 2.26. The number of benzene rings is 1. The van der Waals surface area contributed by atoms with Gasteiger partial charge in [-0.05, 0) is 31.4 Å². The second kappa shape index (κ2) is 6.32. The second-order valence-corrected chi connectivity index (χ2v) is 5.54. The topological polar surface area (TPSA) is 53.4 Å². The number of nitrogens with zero attached hydrogens (tertiary/aromatic N) is 2. The average molecular weight is 300 g/mol. The third-order valence-electron chi connectivity index (χ3n) is 4.00. The van der Waals surface area contributed by atoms with Crippen molar-refractivity contribution in [2.45, 2.75) is 32.4 Å². The lowest BCUT2D eigenvalue weighted by Crippen LogP contribution is -2.17. The molecule has 1 unspecified atom stereocenters. The van der Waals surface area contributed by atoms with Crippen LogP contribution in [0.4, 0.5) is 0 Å². The smallest absolute Gasteiger partial charge is 0.358 e. The van der Waals surface area contributed by atoms with E-state index < -0.39 is 5.97 Å². The fraction of sp³-hybridized carbons (Fsp3) is 0.412. The lowest BCUT2D eigenvalue weighted by molar-refractivity contribution is 0.0590. The third kappa shape index (κ3) is 2.90. The molecule has 0 radical (unpaired) electrons. The SMILES string of the molecule is COC(=O)c1cc(-c2ccccc2C)n(CC2CCCO2)n1. The number of aryl methyl sites for hydroxylation is 1. The maximum absolute atomic E-state index is 11.8. The van der Waals surface area contributed by atoms with Crippen LogP contribution < -0.4 is 0 Å². The second-order valence-electron chi connectivity index (χ2n) is 5.54. The Morgan fingerprint density at radius 1 is 1.45 bits per heavy atom. The van der Waals surface area contributed by atoms with E-state index in [2.05, 4.69) is 18.1 Å². The van der Waals surface area contributed by atoms with Crippen LogP contribution >= 0.6 is 0 Å². The molecule has 1 saturated heterocycles. The molecular formula is C17H20N2O3. The summed E-state index contributed by atoms with van der Waals surface area (Å²) in [7, 11) is 1.37. The number of methoxy groups -OCH3 is 1. The molecule has 1 atom stereocenters. The molecule has 1 fully saturated rings. The van der Waals surface area contributed by atoms with E-state index in [0.29, 0.717) is 12.2 Å². The van der Waals surface area contributed by atoms with Gasteiger partial charge >= 0.3 is 5.97 Å². The van der Waals surface area contributed by atoms with Crippen molar-refractivity contribution >= 4 is 5.97 Å². The summed E-state index contributed by atoms with van der Waals surface area (Å²) in [5, 5.41) is 4.42. The van der Waals surface area contributed by atoms with Gasteiger partial charge in [-0.1, -0.05) is 24.3 Å². The Morgan fingerprint density at radius 2 is 2.27 bits per heavy atom. The summed E-state index contributed by atoms with van der Waals surface area (Å²) in [6.07, 6.45) is 2.27. The molecule has 0 aliphatic carbocycles. The van der Waals surface area contributed by atoms with Gasteiger partial charge in [0.25, 0.3) is 0 Å². The Kier molecular flexibility index (Phi) is 4.24. The fourth-order valence-electron chi connectivity index (χ4n) is 2.82. The van der Waals surface area contributed by atoms with Crippen LogP contribution in [0.5, 0.6) is 0 Å². The Morgan fingerprint density at radius 3 is 2.95 bits per heavy atom. The number of esters is 1. The van der Waals surface area contributed by atoms with E-state index in [0.717, 1.165) is 36.3 Å². The van der Waals surface area contributed by atoms with Gasteiger partial charge in [-0.25, -0.2) is 4.79 Å². The molecule has 2 aromatic rings. The standard InChI is InChI=1S/C17H20N2O3/c1-12-6-3-4-8-14(12)16-10-15(17(20)21-2)18-19(16)11-13-7-5-9-22-13/h3-4,6,8,10,13H,5,7,9,11H2,1-2H3. The van der Waals surface area contributed by atoms with E-state index in [1.165, 1.54) is 7.11 Å². The van der Waals surface area contributed by atoms with Crippen molar-refractivity contribution in [2.24, 2.45) is 0 Å². The predicted molar refractivity (Wildman–Crippen MR) is 82.7 cm³/mol. The molecule has 3 rings (SSSR count). The summed E-state index contributed by atoms with van der Waals surface area (Å²) in [6, 6.07) is 9.88. The van der Waals surface area contributed by atoms with E-state index >= 15 is 0 Å². The first-order valence-electron chi connectivity index (χ1n) is 7.53. The maximum Gasteiger partial charge on any atom is 0.358 e. The highest BCUT2D eigenvalue weighted by atomic mass is 16.5. The van der Waals surface area contributed by atoms with Crippen molar-refractivity contribution in [3.05, 3.63) is 41.6 Å². The number of carbonyl (C=O) groups is 1. The predicted octanol–water partition coefficient (Wildman–Crippen LogP) is 2.82. The summed E-state index contributed by atoms with van der Waals surface area (Å²) in [4.78, 5) is 11.8. The van der Waals surface area contributed by atoms with Crippen molar-refractivity contribution in [1.29, 1.82) is 0 Å². The largest absolute Gasteiger partial charge is 0.464 e. The van der Waals surface area contributed by atoms with Gasteiger partial charge in [-0.15, -0.1) is 0 Å². The molecule has 22 heavy (non-hydrogen) atoms. The van der Waals surface area contributed by atoms with Gasteiger partial charge in [0, 0.05) is 12.2 Å². The van der Waals surface area contributed by atoms with Crippen LogP contribution in [0, 0.1) is 6.92 Å². The monoisotopic (exact) mass is 300 g/mol. The zero-order valence-electron chi connectivity index (χ0n) is 12.9. The van der Waals surface area contributed by atoms with Gasteiger partial charge in [0.2, 0.25) is 0 Å². The number of rotatable bonds is 4.